The standard InChI is InChI=1S/C17H16FNO2S/c18-15-3-1-2-4-16(15)21-13-7-5-12(6-8-13)10-19-11-14(22)9-17(19)20/h1-8,14,22H,9-11H2. The first-order chi connectivity index (χ1) is 10.6. The van der Waals surface area contributed by atoms with Crippen molar-refractivity contribution in [2.75, 3.05) is 6.54 Å². The van der Waals surface area contributed by atoms with Crippen molar-refractivity contribution >= 4 is 18.5 Å². The van der Waals surface area contributed by atoms with E-state index in [-0.39, 0.29) is 16.9 Å². The van der Waals surface area contributed by atoms with Crippen molar-refractivity contribution in [3.63, 3.8) is 0 Å². The number of carbonyl (C=O) groups excluding carboxylic acids is 1. The minimum absolute atomic E-state index is 0.121. The molecule has 0 radical (unpaired) electrons. The van der Waals surface area contributed by atoms with Gasteiger partial charge in [0.05, 0.1) is 0 Å². The van der Waals surface area contributed by atoms with Gasteiger partial charge in [0.25, 0.3) is 0 Å². The summed E-state index contributed by atoms with van der Waals surface area (Å²) in [4.78, 5) is 13.5. The van der Waals surface area contributed by atoms with Crippen LogP contribution >= 0.6 is 12.6 Å². The van der Waals surface area contributed by atoms with E-state index in [4.69, 9.17) is 4.74 Å². The summed E-state index contributed by atoms with van der Waals surface area (Å²) >= 11 is 4.34. The Morgan fingerprint density at radius 2 is 1.91 bits per heavy atom. The zero-order valence-electron chi connectivity index (χ0n) is 11.9. The van der Waals surface area contributed by atoms with Crippen LogP contribution in [0, 0.1) is 5.82 Å². The van der Waals surface area contributed by atoms with Gasteiger partial charge in [-0.25, -0.2) is 4.39 Å². The number of carbonyl (C=O) groups is 1. The van der Waals surface area contributed by atoms with Crippen LogP contribution in [0.15, 0.2) is 48.5 Å². The molecule has 5 heteroatoms. The number of likely N-dealkylation sites (tertiary alicyclic amines) is 1. The Morgan fingerprint density at radius 1 is 1.18 bits per heavy atom. The molecule has 114 valence electrons. The minimum Gasteiger partial charge on any atom is -0.454 e. The molecule has 22 heavy (non-hydrogen) atoms. The number of ether oxygens (including phenoxy) is 1. The largest absolute Gasteiger partial charge is 0.454 e. The number of hydrogen-bond donors (Lipinski definition) is 1. The molecule has 2 aromatic carbocycles. The van der Waals surface area contributed by atoms with Gasteiger partial charge >= 0.3 is 0 Å². The molecule has 0 aromatic heterocycles. The molecule has 1 saturated heterocycles. The quantitative estimate of drug-likeness (QED) is 0.872. The third-order valence-electron chi connectivity index (χ3n) is 3.56. The number of para-hydroxylation sites is 1. The van der Waals surface area contributed by atoms with E-state index < -0.39 is 5.82 Å². The number of thiol groups is 1. The van der Waals surface area contributed by atoms with Crippen LogP contribution in [0.3, 0.4) is 0 Å². The van der Waals surface area contributed by atoms with E-state index in [1.54, 1.807) is 35.2 Å². The maximum atomic E-state index is 13.5. The van der Waals surface area contributed by atoms with Gasteiger partial charge in [0.15, 0.2) is 11.6 Å². The first-order valence-electron chi connectivity index (χ1n) is 7.09. The Labute approximate surface area is 134 Å². The third-order valence-corrected chi connectivity index (χ3v) is 3.90. The molecule has 1 atom stereocenters. The van der Waals surface area contributed by atoms with E-state index in [1.807, 2.05) is 12.1 Å². The smallest absolute Gasteiger partial charge is 0.224 e. The molecular formula is C17H16FNO2S. The number of benzene rings is 2. The molecular weight excluding hydrogens is 301 g/mol. The molecule has 0 saturated carbocycles. The van der Waals surface area contributed by atoms with E-state index >= 15 is 0 Å². The molecule has 3 rings (SSSR count). The first kappa shape index (κ1) is 14.9. The second-order valence-electron chi connectivity index (χ2n) is 5.31. The van der Waals surface area contributed by atoms with Crippen molar-refractivity contribution in [2.45, 2.75) is 18.2 Å². The normalized spacial score (nSPS) is 17.8. The zero-order valence-corrected chi connectivity index (χ0v) is 12.8. The van der Waals surface area contributed by atoms with Crippen LogP contribution in [-0.2, 0) is 11.3 Å². The lowest BCUT2D eigenvalue weighted by Gasteiger charge is -2.16. The Hall–Kier alpha value is -2.01. The van der Waals surface area contributed by atoms with Gasteiger partial charge in [-0.15, -0.1) is 0 Å². The number of rotatable bonds is 4. The van der Waals surface area contributed by atoms with Gasteiger partial charge in [0.2, 0.25) is 5.91 Å². The molecule has 1 heterocycles. The van der Waals surface area contributed by atoms with E-state index in [9.17, 15) is 9.18 Å². The van der Waals surface area contributed by atoms with Crippen LogP contribution in [0.4, 0.5) is 4.39 Å². The lowest BCUT2D eigenvalue weighted by Crippen LogP contribution is -2.24. The Kier molecular flexibility index (Phi) is 4.34. The monoisotopic (exact) mass is 317 g/mol. The van der Waals surface area contributed by atoms with E-state index in [2.05, 4.69) is 12.6 Å². The second-order valence-corrected chi connectivity index (χ2v) is 6.04. The highest BCUT2D eigenvalue weighted by Gasteiger charge is 2.26. The summed E-state index contributed by atoms with van der Waals surface area (Å²) in [6.07, 6.45) is 0.498. The number of nitrogens with zero attached hydrogens (tertiary/aromatic N) is 1. The fraction of sp³-hybridized carbons (Fsp3) is 0.235. The fourth-order valence-electron chi connectivity index (χ4n) is 2.44. The van der Waals surface area contributed by atoms with Crippen molar-refractivity contribution in [3.8, 4) is 11.5 Å². The Balaban J connectivity index is 1.66. The molecule has 1 fully saturated rings. The van der Waals surface area contributed by atoms with E-state index in [0.29, 0.717) is 25.3 Å². The van der Waals surface area contributed by atoms with Gasteiger partial charge in [0, 0.05) is 24.8 Å². The van der Waals surface area contributed by atoms with Crippen molar-refractivity contribution < 1.29 is 13.9 Å². The van der Waals surface area contributed by atoms with Crippen LogP contribution in [0.25, 0.3) is 0 Å². The van der Waals surface area contributed by atoms with Gasteiger partial charge in [0.1, 0.15) is 5.75 Å². The predicted octanol–water partition coefficient (Wildman–Crippen LogP) is 3.65. The molecule has 1 unspecified atom stereocenters. The molecule has 0 bridgehead atoms. The molecule has 2 aromatic rings. The SMILES string of the molecule is O=C1CC(S)CN1Cc1ccc(Oc2ccccc2F)cc1. The molecule has 0 N–H and O–H groups in total. The topological polar surface area (TPSA) is 29.5 Å². The van der Waals surface area contributed by atoms with Gasteiger partial charge < -0.3 is 9.64 Å². The van der Waals surface area contributed by atoms with Crippen LogP contribution in [0.5, 0.6) is 11.5 Å². The summed E-state index contributed by atoms with van der Waals surface area (Å²) in [5.74, 6) is 0.498. The fourth-order valence-corrected chi connectivity index (χ4v) is 2.80. The minimum atomic E-state index is -0.394. The van der Waals surface area contributed by atoms with Gasteiger partial charge in [-0.2, -0.15) is 12.6 Å². The summed E-state index contributed by atoms with van der Waals surface area (Å²) in [7, 11) is 0. The number of hydrogen-bond acceptors (Lipinski definition) is 3. The molecule has 3 nitrogen and oxygen atoms in total. The highest BCUT2D eigenvalue weighted by molar-refractivity contribution is 7.81. The van der Waals surface area contributed by atoms with Gasteiger partial charge in [-0.05, 0) is 29.8 Å². The van der Waals surface area contributed by atoms with Crippen molar-refractivity contribution in [1.82, 2.24) is 4.90 Å². The molecule has 0 aliphatic carbocycles. The van der Waals surface area contributed by atoms with Crippen LogP contribution in [-0.4, -0.2) is 22.6 Å². The highest BCUT2D eigenvalue weighted by atomic mass is 32.1. The van der Waals surface area contributed by atoms with Crippen molar-refractivity contribution in [1.29, 1.82) is 0 Å². The summed E-state index contributed by atoms with van der Waals surface area (Å²) in [5, 5.41) is 0.121. The average molecular weight is 317 g/mol. The first-order valence-corrected chi connectivity index (χ1v) is 7.60. The lowest BCUT2D eigenvalue weighted by molar-refractivity contribution is -0.128. The van der Waals surface area contributed by atoms with E-state index in [0.717, 1.165) is 5.56 Å². The van der Waals surface area contributed by atoms with E-state index in [1.165, 1.54) is 6.07 Å². The lowest BCUT2D eigenvalue weighted by atomic mass is 10.2. The second kappa shape index (κ2) is 6.40. The maximum Gasteiger partial charge on any atom is 0.224 e. The van der Waals surface area contributed by atoms with Crippen LogP contribution in [0.2, 0.25) is 0 Å². The summed E-state index contributed by atoms with van der Waals surface area (Å²) < 4.78 is 19.0. The van der Waals surface area contributed by atoms with Crippen LogP contribution < -0.4 is 4.74 Å². The Morgan fingerprint density at radius 3 is 2.55 bits per heavy atom. The zero-order chi connectivity index (χ0) is 15.5. The maximum absolute atomic E-state index is 13.5. The average Bonchev–Trinajstić information content (AvgIpc) is 2.81. The summed E-state index contributed by atoms with van der Waals surface area (Å²) in [6, 6.07) is 13.6. The highest BCUT2D eigenvalue weighted by Crippen LogP contribution is 2.25. The Bertz CT molecular complexity index is 675. The van der Waals surface area contributed by atoms with Crippen LogP contribution in [0.1, 0.15) is 12.0 Å². The predicted molar refractivity (Wildman–Crippen MR) is 85.7 cm³/mol. The molecule has 1 aliphatic rings. The van der Waals surface area contributed by atoms with Crippen molar-refractivity contribution in [2.24, 2.45) is 0 Å². The van der Waals surface area contributed by atoms with Gasteiger partial charge in [-0.1, -0.05) is 24.3 Å². The molecule has 1 amide bonds. The van der Waals surface area contributed by atoms with Crippen molar-refractivity contribution in [3.05, 3.63) is 59.9 Å². The third kappa shape index (κ3) is 3.42. The van der Waals surface area contributed by atoms with Gasteiger partial charge in [-0.3, -0.25) is 4.79 Å². The molecule has 1 aliphatic heterocycles. The molecule has 0 spiro atoms. The summed E-state index contributed by atoms with van der Waals surface area (Å²) in [5.41, 5.74) is 1.01. The summed E-state index contributed by atoms with van der Waals surface area (Å²) in [6.45, 7) is 1.24. The number of halogens is 1. The number of amides is 1.